The molecule has 7 nitrogen and oxygen atoms in total. The van der Waals surface area contributed by atoms with E-state index in [0.29, 0.717) is 17.5 Å². The molecule has 3 aromatic carbocycles. The number of unbranched alkanes of at least 4 members (excludes halogenated alkanes) is 1. The van der Waals surface area contributed by atoms with E-state index in [9.17, 15) is 9.59 Å². The number of rotatable bonds is 8. The number of likely N-dealkylation sites (tertiary alicyclic amines) is 1. The van der Waals surface area contributed by atoms with Crippen molar-refractivity contribution in [2.75, 3.05) is 31.5 Å². The number of fused-ring (bicyclic) bond motifs is 1. The fraction of sp³-hybridized carbons (Fsp3) is 0.500. The Morgan fingerprint density at radius 2 is 1.51 bits per heavy atom. The van der Waals surface area contributed by atoms with Gasteiger partial charge >= 0.3 is 5.30 Å². The van der Waals surface area contributed by atoms with E-state index in [1.165, 1.54) is 42.2 Å². The molecule has 2 unspecified atom stereocenters. The van der Waals surface area contributed by atoms with Crippen LogP contribution in [0, 0.1) is 13.8 Å². The summed E-state index contributed by atoms with van der Waals surface area (Å²) in [7, 11) is 0. The number of carbonyl (C=O) groups excluding carboxylic acids is 1. The topological polar surface area (TPSA) is 88.1 Å². The lowest BCUT2D eigenvalue weighted by molar-refractivity contribution is -0.117. The molecule has 0 spiro atoms. The Morgan fingerprint density at radius 3 is 2.02 bits per heavy atom. The molecule has 1 amide bonds. The van der Waals surface area contributed by atoms with E-state index in [-0.39, 0.29) is 18.7 Å². The summed E-state index contributed by atoms with van der Waals surface area (Å²) in [6.45, 7) is 18.4. The first-order chi connectivity index (χ1) is 23.5. The summed E-state index contributed by atoms with van der Waals surface area (Å²) in [5.41, 5.74) is 7.93. The highest BCUT2D eigenvalue weighted by molar-refractivity contribution is 8.12. The molecule has 9 heteroatoms. The van der Waals surface area contributed by atoms with Crippen molar-refractivity contribution < 1.29 is 24.2 Å². The van der Waals surface area contributed by atoms with Crippen molar-refractivity contribution in [1.29, 1.82) is 0 Å². The van der Waals surface area contributed by atoms with Gasteiger partial charge in [-0.25, -0.2) is 4.79 Å². The number of hydrogen-bond donors (Lipinski definition) is 2. The molecular weight excluding hydrogens is 656 g/mol. The van der Waals surface area contributed by atoms with Crippen molar-refractivity contribution in [2.45, 2.75) is 106 Å². The van der Waals surface area contributed by atoms with Gasteiger partial charge in [-0.2, -0.15) is 0 Å². The van der Waals surface area contributed by atoms with E-state index in [2.05, 4.69) is 95.9 Å². The predicted octanol–water partition coefficient (Wildman–Crippen LogP) is 11.2. The smallest absolute Gasteiger partial charge is 0.364 e. The molecule has 1 fully saturated rings. The molecule has 2 aliphatic rings. The first-order valence-corrected chi connectivity index (χ1v) is 19.2. The molecule has 0 bridgehead atoms. The maximum absolute atomic E-state index is 13.5. The number of hydrogen-bond acceptors (Lipinski definition) is 6. The number of anilines is 1. The summed E-state index contributed by atoms with van der Waals surface area (Å²) in [6, 6.07) is 17.0. The number of carboxylic acid groups (broad SMARTS) is 1. The van der Waals surface area contributed by atoms with Gasteiger partial charge in [-0.15, -0.1) is 0 Å². The third-order valence-electron chi connectivity index (χ3n) is 8.45. The number of amides is 1. The van der Waals surface area contributed by atoms with Gasteiger partial charge in [0.25, 0.3) is 0 Å². The fourth-order valence-corrected chi connectivity index (χ4v) is 6.08. The van der Waals surface area contributed by atoms with Gasteiger partial charge in [-0.3, -0.25) is 9.69 Å². The number of thioether (sulfide) groups is 1. The minimum Gasteiger partial charge on any atom is -0.473 e. The van der Waals surface area contributed by atoms with Crippen LogP contribution in [0.5, 0.6) is 11.5 Å². The number of carbonyl (C=O) groups is 2. The average molecular weight is 713 g/mol. The van der Waals surface area contributed by atoms with Gasteiger partial charge in [0.1, 0.15) is 0 Å². The number of benzene rings is 3. The fourth-order valence-electron chi connectivity index (χ4n) is 5.81. The minimum absolute atomic E-state index is 0.00638. The molecule has 0 saturated carbocycles. The Kier molecular flexibility index (Phi) is 18.7. The normalized spacial score (nSPS) is 16.0. The molecule has 2 N–H and O–H groups in total. The molecule has 0 radical (unpaired) electrons. The van der Waals surface area contributed by atoms with Crippen molar-refractivity contribution in [1.82, 2.24) is 4.90 Å². The standard InChI is InChI=1S/C31H35ClN2O3.C4H10.C3H8.C2H4O2S/c1-5-21-13-25(32)14-22(6-2)30(21)33-29(35)17-34-16-24(15-27(34)23-9-7-19(3)8-10-23)26-11-12-28-31(20(26)4)37-18-36-28;1-3-4-2;1-3-2;1-5-2(3)4/h7-14,24,27H,5-6,15-18H2,1-4H3,(H,33,35);3-4H2,1-2H3;3H2,1-2H3;1H3,(H,3,4). The molecule has 2 heterocycles. The van der Waals surface area contributed by atoms with E-state index in [0.717, 1.165) is 71.4 Å². The first kappa shape index (κ1) is 42.0. The van der Waals surface area contributed by atoms with Crippen LogP contribution in [-0.4, -0.2) is 47.4 Å². The zero-order chi connectivity index (χ0) is 36.5. The van der Waals surface area contributed by atoms with Crippen molar-refractivity contribution >= 4 is 40.3 Å². The Bertz CT molecular complexity index is 1450. The molecule has 49 heavy (non-hydrogen) atoms. The summed E-state index contributed by atoms with van der Waals surface area (Å²) in [5, 5.41) is 10.8. The zero-order valence-corrected chi connectivity index (χ0v) is 32.5. The Balaban J connectivity index is 0.000000603. The molecule has 1 saturated heterocycles. The third-order valence-corrected chi connectivity index (χ3v) is 9.02. The Morgan fingerprint density at radius 1 is 0.939 bits per heavy atom. The van der Waals surface area contributed by atoms with Gasteiger partial charge in [0.15, 0.2) is 11.5 Å². The molecule has 0 aromatic heterocycles. The van der Waals surface area contributed by atoms with Gasteiger partial charge in [-0.05, 0) is 103 Å². The maximum atomic E-state index is 13.5. The Labute approximate surface area is 304 Å². The van der Waals surface area contributed by atoms with Crippen molar-refractivity contribution in [3.8, 4) is 11.5 Å². The van der Waals surface area contributed by atoms with Crippen LogP contribution in [0.1, 0.15) is 113 Å². The number of nitrogens with zero attached hydrogens (tertiary/aromatic N) is 1. The van der Waals surface area contributed by atoms with Gasteiger partial charge in [0.2, 0.25) is 12.7 Å². The van der Waals surface area contributed by atoms with E-state index < -0.39 is 5.30 Å². The van der Waals surface area contributed by atoms with Crippen LogP contribution in [0.4, 0.5) is 10.5 Å². The molecule has 270 valence electrons. The van der Waals surface area contributed by atoms with E-state index in [1.54, 1.807) is 0 Å². The van der Waals surface area contributed by atoms with Crippen LogP contribution in [0.2, 0.25) is 5.02 Å². The predicted molar refractivity (Wildman–Crippen MR) is 207 cm³/mol. The number of aryl methyl sites for hydroxylation is 3. The maximum Gasteiger partial charge on any atom is 0.364 e. The van der Waals surface area contributed by atoms with E-state index >= 15 is 0 Å². The van der Waals surface area contributed by atoms with Crippen LogP contribution in [0.3, 0.4) is 0 Å². The SMILES string of the molecule is CCC.CCCC.CCc1cc(Cl)cc(CC)c1NC(=O)CN1CC(c2ccc3c(c2C)OCO3)CC1c1ccc(C)cc1.CSC(=O)O. The first-order valence-electron chi connectivity index (χ1n) is 17.6. The van der Waals surface area contributed by atoms with Crippen LogP contribution in [0.25, 0.3) is 0 Å². The van der Waals surface area contributed by atoms with Gasteiger partial charge < -0.3 is 19.9 Å². The van der Waals surface area contributed by atoms with Crippen LogP contribution in [0.15, 0.2) is 48.5 Å². The molecule has 5 rings (SSSR count). The van der Waals surface area contributed by atoms with Crippen LogP contribution < -0.4 is 14.8 Å². The number of halogens is 1. The summed E-state index contributed by atoms with van der Waals surface area (Å²) in [5.74, 6) is 1.96. The molecule has 2 aliphatic heterocycles. The van der Waals surface area contributed by atoms with Gasteiger partial charge in [0, 0.05) is 23.3 Å². The van der Waals surface area contributed by atoms with Crippen LogP contribution >= 0.6 is 23.4 Å². The summed E-state index contributed by atoms with van der Waals surface area (Å²) in [4.78, 5) is 25.1. The van der Waals surface area contributed by atoms with E-state index in [4.69, 9.17) is 26.2 Å². The molecule has 0 aliphatic carbocycles. The van der Waals surface area contributed by atoms with Crippen LogP contribution in [-0.2, 0) is 17.6 Å². The lowest BCUT2D eigenvalue weighted by Crippen LogP contribution is -2.33. The second-order valence-corrected chi connectivity index (χ2v) is 13.5. The number of nitrogens with one attached hydrogen (secondary N) is 1. The second kappa shape index (κ2) is 21.8. The largest absolute Gasteiger partial charge is 0.473 e. The van der Waals surface area contributed by atoms with Crippen molar-refractivity contribution in [2.24, 2.45) is 0 Å². The lowest BCUT2D eigenvalue weighted by Gasteiger charge is -2.25. The quantitative estimate of drug-likeness (QED) is 0.240. The Hall–Kier alpha value is -3.20. The van der Waals surface area contributed by atoms with E-state index in [1.807, 2.05) is 18.2 Å². The third kappa shape index (κ3) is 12.6. The highest BCUT2D eigenvalue weighted by atomic mass is 35.5. The van der Waals surface area contributed by atoms with Gasteiger partial charge in [0.05, 0.1) is 6.54 Å². The van der Waals surface area contributed by atoms with Crippen molar-refractivity contribution in [3.05, 3.63) is 86.9 Å². The lowest BCUT2D eigenvalue weighted by atomic mass is 9.90. The van der Waals surface area contributed by atoms with Crippen molar-refractivity contribution in [3.63, 3.8) is 0 Å². The molecule has 3 aromatic rings. The number of ether oxygens (including phenoxy) is 2. The minimum atomic E-state index is -0.829. The van der Waals surface area contributed by atoms with Gasteiger partial charge in [-0.1, -0.05) is 108 Å². The highest BCUT2D eigenvalue weighted by Crippen LogP contribution is 2.45. The highest BCUT2D eigenvalue weighted by Gasteiger charge is 2.36. The molecular formula is C40H57ClN2O5S. The monoisotopic (exact) mass is 712 g/mol. The summed E-state index contributed by atoms with van der Waals surface area (Å²) < 4.78 is 11.3. The second-order valence-electron chi connectivity index (χ2n) is 12.3. The molecule has 2 atom stereocenters. The average Bonchev–Trinajstić information content (AvgIpc) is 3.74. The summed E-state index contributed by atoms with van der Waals surface area (Å²) in [6.07, 6.45) is 7.97. The summed E-state index contributed by atoms with van der Waals surface area (Å²) >= 11 is 7.13. The zero-order valence-electron chi connectivity index (χ0n) is 31.0.